The minimum Gasteiger partial charge on any atom is -0.493 e. The number of amides is 1. The van der Waals surface area contributed by atoms with E-state index >= 15 is 0 Å². The van der Waals surface area contributed by atoms with Crippen molar-refractivity contribution < 1.29 is 27.4 Å². The molecule has 170 valence electrons. The number of likely N-dealkylation sites (tertiary alicyclic amines) is 1. The summed E-state index contributed by atoms with van der Waals surface area (Å²) in [5, 5.41) is 3.86. The van der Waals surface area contributed by atoms with Crippen molar-refractivity contribution in [1.29, 1.82) is 0 Å². The number of ether oxygens (including phenoxy) is 2. The Morgan fingerprint density at radius 3 is 2.56 bits per heavy atom. The van der Waals surface area contributed by atoms with Crippen LogP contribution < -0.4 is 9.47 Å². The van der Waals surface area contributed by atoms with Crippen LogP contribution in [0.5, 0.6) is 11.5 Å². The number of hydrogen-bond acceptors (Lipinski definition) is 5. The summed E-state index contributed by atoms with van der Waals surface area (Å²) < 4.78 is 52.7. The van der Waals surface area contributed by atoms with E-state index in [4.69, 9.17) is 9.47 Å². The molecule has 1 aromatic carbocycles. The van der Waals surface area contributed by atoms with Crippen molar-refractivity contribution in [3.63, 3.8) is 0 Å². The molecule has 0 saturated carbocycles. The maximum Gasteiger partial charge on any atom is 0.433 e. The Labute approximate surface area is 182 Å². The largest absolute Gasteiger partial charge is 0.493 e. The van der Waals surface area contributed by atoms with Gasteiger partial charge in [0.15, 0.2) is 22.8 Å². The van der Waals surface area contributed by atoms with Crippen LogP contribution in [0.15, 0.2) is 30.5 Å². The highest BCUT2D eigenvalue weighted by Gasteiger charge is 2.36. The standard InChI is InChI=1S/C22H23F3N4O3/c1-13-5-4-8-28(12-13)21(30)15-11-26-29-19(22(23,24)25)10-16(27-20(15)29)14-6-7-17(31-2)18(9-14)32-3/h6-7,9-11,13H,4-5,8,12H2,1-3H3. The molecule has 10 heteroatoms. The smallest absolute Gasteiger partial charge is 0.433 e. The highest BCUT2D eigenvalue weighted by Crippen LogP contribution is 2.36. The van der Waals surface area contributed by atoms with Gasteiger partial charge in [-0.1, -0.05) is 6.92 Å². The minimum atomic E-state index is -4.70. The van der Waals surface area contributed by atoms with E-state index in [1.807, 2.05) is 6.92 Å². The number of halogens is 3. The molecule has 1 fully saturated rings. The van der Waals surface area contributed by atoms with Crippen LogP contribution in [0, 0.1) is 5.92 Å². The van der Waals surface area contributed by atoms with Crippen molar-refractivity contribution >= 4 is 11.6 Å². The Kier molecular flexibility index (Phi) is 5.70. The van der Waals surface area contributed by atoms with Crippen LogP contribution in [0.3, 0.4) is 0 Å². The number of methoxy groups -OCH3 is 2. The molecule has 0 N–H and O–H groups in total. The van der Waals surface area contributed by atoms with Gasteiger partial charge >= 0.3 is 6.18 Å². The molecule has 0 bridgehead atoms. The Balaban J connectivity index is 1.86. The summed E-state index contributed by atoms with van der Waals surface area (Å²) in [5.41, 5.74) is -0.660. The van der Waals surface area contributed by atoms with Crippen LogP contribution in [0.4, 0.5) is 13.2 Å². The Morgan fingerprint density at radius 1 is 1.16 bits per heavy atom. The third kappa shape index (κ3) is 3.96. The molecule has 1 saturated heterocycles. The first-order valence-corrected chi connectivity index (χ1v) is 10.2. The van der Waals surface area contributed by atoms with Gasteiger partial charge in [-0.25, -0.2) is 9.50 Å². The van der Waals surface area contributed by atoms with Gasteiger partial charge in [0.1, 0.15) is 5.56 Å². The minimum absolute atomic E-state index is 0.0481. The molecule has 2 aromatic heterocycles. The maximum atomic E-state index is 13.9. The first kappa shape index (κ1) is 21.9. The van der Waals surface area contributed by atoms with Gasteiger partial charge in [0.05, 0.1) is 26.1 Å². The van der Waals surface area contributed by atoms with Gasteiger partial charge in [-0.3, -0.25) is 4.79 Å². The predicted molar refractivity (Wildman–Crippen MR) is 111 cm³/mol. The van der Waals surface area contributed by atoms with Gasteiger partial charge < -0.3 is 14.4 Å². The monoisotopic (exact) mass is 448 g/mol. The molecule has 0 radical (unpaired) electrons. The molecule has 1 aliphatic rings. The summed E-state index contributed by atoms with van der Waals surface area (Å²) >= 11 is 0. The highest BCUT2D eigenvalue weighted by molar-refractivity contribution is 6.00. The van der Waals surface area contributed by atoms with E-state index in [0.29, 0.717) is 40.6 Å². The zero-order valence-electron chi connectivity index (χ0n) is 17.9. The van der Waals surface area contributed by atoms with E-state index in [-0.39, 0.29) is 22.8 Å². The Hall–Kier alpha value is -3.30. The van der Waals surface area contributed by atoms with E-state index in [0.717, 1.165) is 25.1 Å². The molecule has 3 heterocycles. The fourth-order valence-corrected chi connectivity index (χ4v) is 4.00. The normalized spacial score (nSPS) is 16.9. The lowest BCUT2D eigenvalue weighted by molar-refractivity contribution is -0.142. The van der Waals surface area contributed by atoms with E-state index in [9.17, 15) is 18.0 Å². The molecule has 1 atom stereocenters. The molecule has 0 aliphatic carbocycles. The average molecular weight is 448 g/mol. The number of carbonyl (C=O) groups excluding carboxylic acids is 1. The SMILES string of the molecule is COc1ccc(-c2cc(C(F)(F)F)n3ncc(C(=O)N4CCCC(C)C4)c3n2)cc1OC. The molecular formula is C22H23F3N4O3. The number of hydrogen-bond donors (Lipinski definition) is 0. The number of benzene rings is 1. The number of fused-ring (bicyclic) bond motifs is 1. The number of rotatable bonds is 4. The number of alkyl halides is 3. The number of carbonyl (C=O) groups is 1. The lowest BCUT2D eigenvalue weighted by atomic mass is 10.00. The molecule has 0 spiro atoms. The quantitative estimate of drug-likeness (QED) is 0.595. The van der Waals surface area contributed by atoms with Crippen LogP contribution in [0.1, 0.15) is 35.8 Å². The maximum absolute atomic E-state index is 13.9. The van der Waals surface area contributed by atoms with Crippen LogP contribution in [0.25, 0.3) is 16.9 Å². The summed E-state index contributed by atoms with van der Waals surface area (Å²) in [4.78, 5) is 19.2. The molecule has 1 unspecified atom stereocenters. The molecule has 1 aliphatic heterocycles. The van der Waals surface area contributed by atoms with Crippen molar-refractivity contribution in [2.75, 3.05) is 27.3 Å². The van der Waals surface area contributed by atoms with Crippen LogP contribution >= 0.6 is 0 Å². The highest BCUT2D eigenvalue weighted by atomic mass is 19.4. The average Bonchev–Trinajstić information content (AvgIpc) is 3.20. The van der Waals surface area contributed by atoms with Crippen LogP contribution in [0.2, 0.25) is 0 Å². The van der Waals surface area contributed by atoms with Gasteiger partial charge in [0.25, 0.3) is 5.91 Å². The number of nitrogens with zero attached hydrogens (tertiary/aromatic N) is 4. The molecular weight excluding hydrogens is 425 g/mol. The zero-order valence-corrected chi connectivity index (χ0v) is 17.9. The predicted octanol–water partition coefficient (Wildman–Crippen LogP) is 4.30. The molecule has 7 nitrogen and oxygen atoms in total. The molecule has 1 amide bonds. The van der Waals surface area contributed by atoms with Gasteiger partial charge in [-0.2, -0.15) is 18.3 Å². The van der Waals surface area contributed by atoms with Gasteiger partial charge in [-0.15, -0.1) is 0 Å². The second-order valence-corrected chi connectivity index (χ2v) is 7.89. The zero-order chi connectivity index (χ0) is 23.0. The van der Waals surface area contributed by atoms with E-state index in [2.05, 4.69) is 10.1 Å². The molecule has 4 rings (SSSR count). The summed E-state index contributed by atoms with van der Waals surface area (Å²) in [7, 11) is 2.90. The Morgan fingerprint density at radius 2 is 1.91 bits per heavy atom. The topological polar surface area (TPSA) is 69.0 Å². The van der Waals surface area contributed by atoms with Crippen molar-refractivity contribution in [1.82, 2.24) is 19.5 Å². The van der Waals surface area contributed by atoms with Crippen LogP contribution in [-0.2, 0) is 6.18 Å². The van der Waals surface area contributed by atoms with Gasteiger partial charge in [0, 0.05) is 18.7 Å². The summed E-state index contributed by atoms with van der Waals surface area (Å²) in [6, 6.07) is 5.63. The van der Waals surface area contributed by atoms with Gasteiger partial charge in [-0.05, 0) is 43.0 Å². The van der Waals surface area contributed by atoms with Crippen molar-refractivity contribution in [2.45, 2.75) is 25.9 Å². The third-order valence-corrected chi connectivity index (χ3v) is 5.62. The summed E-state index contributed by atoms with van der Waals surface area (Å²) in [6.45, 7) is 3.16. The fourth-order valence-electron chi connectivity index (χ4n) is 4.00. The Bertz CT molecular complexity index is 1160. The van der Waals surface area contributed by atoms with E-state index in [1.54, 1.807) is 23.1 Å². The fraction of sp³-hybridized carbons (Fsp3) is 0.409. The molecule has 3 aromatic rings. The lowest BCUT2D eigenvalue weighted by Crippen LogP contribution is -2.39. The first-order chi connectivity index (χ1) is 15.2. The second kappa shape index (κ2) is 8.33. The third-order valence-electron chi connectivity index (χ3n) is 5.62. The molecule has 32 heavy (non-hydrogen) atoms. The lowest BCUT2D eigenvalue weighted by Gasteiger charge is -2.30. The summed E-state index contributed by atoms with van der Waals surface area (Å²) in [6.07, 6.45) is -1.67. The van der Waals surface area contributed by atoms with Crippen LogP contribution in [-0.4, -0.2) is 52.7 Å². The van der Waals surface area contributed by atoms with Gasteiger partial charge in [0.2, 0.25) is 0 Å². The number of aromatic nitrogens is 3. The van der Waals surface area contributed by atoms with E-state index in [1.165, 1.54) is 14.2 Å². The first-order valence-electron chi connectivity index (χ1n) is 10.2. The second-order valence-electron chi connectivity index (χ2n) is 7.89. The van der Waals surface area contributed by atoms with Crippen molar-refractivity contribution in [3.8, 4) is 22.8 Å². The van der Waals surface area contributed by atoms with Crippen molar-refractivity contribution in [3.05, 3.63) is 41.7 Å². The van der Waals surface area contributed by atoms with Crippen molar-refractivity contribution in [2.24, 2.45) is 5.92 Å². The van der Waals surface area contributed by atoms with E-state index < -0.39 is 11.9 Å². The summed E-state index contributed by atoms with van der Waals surface area (Å²) in [5.74, 6) is 0.757. The number of piperidine rings is 1.